The molecule has 0 radical (unpaired) electrons. The predicted molar refractivity (Wildman–Crippen MR) is 87.8 cm³/mol. The Morgan fingerprint density at radius 1 is 1.32 bits per heavy atom. The molecule has 5 heteroatoms. The Hall–Kier alpha value is -1.80. The Labute approximate surface area is 135 Å². The minimum Gasteiger partial charge on any atom is -0.306 e. The first-order chi connectivity index (χ1) is 10.7. The molecule has 0 unspecified atom stereocenters. The van der Waals surface area contributed by atoms with Gasteiger partial charge in [-0.2, -0.15) is 5.26 Å². The van der Waals surface area contributed by atoms with Gasteiger partial charge in [-0.15, -0.1) is 10.2 Å². The molecule has 114 valence electrons. The summed E-state index contributed by atoms with van der Waals surface area (Å²) in [6, 6.07) is 10.8. The van der Waals surface area contributed by atoms with Gasteiger partial charge in [0.05, 0.1) is 6.07 Å². The summed E-state index contributed by atoms with van der Waals surface area (Å²) in [7, 11) is 0. The van der Waals surface area contributed by atoms with Gasteiger partial charge in [-0.05, 0) is 38.7 Å². The van der Waals surface area contributed by atoms with Crippen molar-refractivity contribution in [2.45, 2.75) is 56.0 Å². The molecule has 0 aliphatic heterocycles. The fraction of sp³-hybridized carbons (Fsp3) is 0.471. The first kappa shape index (κ1) is 15.1. The molecule has 1 atom stereocenters. The normalized spacial score (nSPS) is 15.5. The van der Waals surface area contributed by atoms with Crippen LogP contribution in [0.15, 0.2) is 29.4 Å². The molecule has 0 spiro atoms. The molecular formula is C17H20N4S. The smallest absolute Gasteiger partial charge is 0.192 e. The van der Waals surface area contributed by atoms with E-state index in [0.717, 1.165) is 23.9 Å². The molecule has 1 heterocycles. The number of rotatable bonds is 6. The molecular weight excluding hydrogens is 292 g/mol. The Morgan fingerprint density at radius 3 is 2.64 bits per heavy atom. The van der Waals surface area contributed by atoms with Crippen LogP contribution >= 0.6 is 11.8 Å². The molecule has 4 nitrogen and oxygen atoms in total. The topological polar surface area (TPSA) is 54.5 Å². The quantitative estimate of drug-likeness (QED) is 0.763. The fourth-order valence-electron chi connectivity index (χ4n) is 2.51. The zero-order valence-electron chi connectivity index (χ0n) is 13.0. The SMILES string of the molecule is CCn1c(S[C@H](C#N)Cc2ccc(C)cc2)nnc1C1CC1. The first-order valence-corrected chi connectivity index (χ1v) is 8.64. The van der Waals surface area contributed by atoms with Crippen LogP contribution in [0.3, 0.4) is 0 Å². The zero-order valence-corrected chi connectivity index (χ0v) is 13.8. The van der Waals surface area contributed by atoms with E-state index in [2.05, 4.69) is 58.9 Å². The van der Waals surface area contributed by atoms with Crippen molar-refractivity contribution in [2.24, 2.45) is 0 Å². The lowest BCUT2D eigenvalue weighted by Gasteiger charge is -2.10. The molecule has 1 aromatic heterocycles. The largest absolute Gasteiger partial charge is 0.306 e. The average Bonchev–Trinajstić information content (AvgIpc) is 3.30. The summed E-state index contributed by atoms with van der Waals surface area (Å²) in [6.45, 7) is 5.05. The highest BCUT2D eigenvalue weighted by Crippen LogP contribution is 2.40. The van der Waals surface area contributed by atoms with E-state index in [1.807, 2.05) is 0 Å². The molecule has 0 N–H and O–H groups in total. The monoisotopic (exact) mass is 312 g/mol. The summed E-state index contributed by atoms with van der Waals surface area (Å²) < 4.78 is 2.17. The standard InChI is InChI=1S/C17H20N4S/c1-3-21-16(14-8-9-14)19-20-17(21)22-15(11-18)10-13-6-4-12(2)5-7-13/h4-7,14-15H,3,8-10H2,1-2H3/t15-/m0/s1. The average molecular weight is 312 g/mol. The number of nitriles is 1. The van der Waals surface area contributed by atoms with E-state index in [1.54, 1.807) is 0 Å². The van der Waals surface area contributed by atoms with Gasteiger partial charge in [0.15, 0.2) is 5.16 Å². The van der Waals surface area contributed by atoms with Crippen LogP contribution in [0, 0.1) is 18.3 Å². The molecule has 0 saturated heterocycles. The van der Waals surface area contributed by atoms with Crippen molar-refractivity contribution in [3.8, 4) is 6.07 Å². The van der Waals surface area contributed by atoms with Crippen LogP contribution in [0.25, 0.3) is 0 Å². The predicted octanol–water partition coefficient (Wildman–Crippen LogP) is 3.71. The van der Waals surface area contributed by atoms with Crippen molar-refractivity contribution in [2.75, 3.05) is 0 Å². The summed E-state index contributed by atoms with van der Waals surface area (Å²) in [4.78, 5) is 0. The van der Waals surface area contributed by atoms with Crippen LogP contribution < -0.4 is 0 Å². The maximum Gasteiger partial charge on any atom is 0.192 e. The number of hydrogen-bond acceptors (Lipinski definition) is 4. The third kappa shape index (κ3) is 3.33. The van der Waals surface area contributed by atoms with Crippen molar-refractivity contribution in [3.63, 3.8) is 0 Å². The Kier molecular flexibility index (Phi) is 4.49. The molecule has 2 aromatic rings. The van der Waals surface area contributed by atoms with Gasteiger partial charge in [-0.3, -0.25) is 0 Å². The molecule has 3 rings (SSSR count). The minimum absolute atomic E-state index is 0.135. The second-order valence-electron chi connectivity index (χ2n) is 5.78. The van der Waals surface area contributed by atoms with Crippen LogP contribution in [-0.2, 0) is 13.0 Å². The second-order valence-corrected chi connectivity index (χ2v) is 6.95. The summed E-state index contributed by atoms with van der Waals surface area (Å²) >= 11 is 1.53. The van der Waals surface area contributed by atoms with Gasteiger partial charge in [-0.25, -0.2) is 0 Å². The molecule has 1 aliphatic rings. The van der Waals surface area contributed by atoms with Gasteiger partial charge in [0, 0.05) is 12.5 Å². The molecule has 0 amide bonds. The Balaban J connectivity index is 1.72. The first-order valence-electron chi connectivity index (χ1n) is 7.76. The minimum atomic E-state index is -0.135. The Bertz CT molecular complexity index is 680. The van der Waals surface area contributed by atoms with Crippen LogP contribution in [-0.4, -0.2) is 20.0 Å². The number of nitrogens with zero attached hydrogens (tertiary/aromatic N) is 4. The van der Waals surface area contributed by atoms with Crippen molar-refractivity contribution in [1.29, 1.82) is 5.26 Å². The van der Waals surface area contributed by atoms with Crippen molar-refractivity contribution < 1.29 is 0 Å². The summed E-state index contributed by atoms with van der Waals surface area (Å²) in [5.41, 5.74) is 2.43. The van der Waals surface area contributed by atoms with Gasteiger partial charge in [0.1, 0.15) is 11.1 Å². The Morgan fingerprint density at radius 2 is 2.05 bits per heavy atom. The van der Waals surface area contributed by atoms with E-state index in [4.69, 9.17) is 0 Å². The van der Waals surface area contributed by atoms with Gasteiger partial charge in [-0.1, -0.05) is 41.6 Å². The molecule has 1 aromatic carbocycles. The molecule has 1 saturated carbocycles. The van der Waals surface area contributed by atoms with E-state index in [0.29, 0.717) is 5.92 Å². The van der Waals surface area contributed by atoms with Crippen molar-refractivity contribution >= 4 is 11.8 Å². The molecule has 0 bridgehead atoms. The van der Waals surface area contributed by atoms with Gasteiger partial charge >= 0.3 is 0 Å². The fourth-order valence-corrected chi connectivity index (χ4v) is 3.53. The van der Waals surface area contributed by atoms with E-state index in [1.165, 1.54) is 35.7 Å². The third-order valence-electron chi connectivity index (χ3n) is 3.94. The van der Waals surface area contributed by atoms with Crippen molar-refractivity contribution in [1.82, 2.24) is 14.8 Å². The maximum atomic E-state index is 9.47. The number of thioether (sulfide) groups is 1. The molecule has 1 fully saturated rings. The highest BCUT2D eigenvalue weighted by Gasteiger charge is 2.30. The van der Waals surface area contributed by atoms with Gasteiger partial charge in [0.25, 0.3) is 0 Å². The van der Waals surface area contributed by atoms with E-state index in [9.17, 15) is 5.26 Å². The lowest BCUT2D eigenvalue weighted by atomic mass is 10.1. The van der Waals surface area contributed by atoms with Gasteiger partial charge in [0.2, 0.25) is 0 Å². The van der Waals surface area contributed by atoms with Crippen molar-refractivity contribution in [3.05, 3.63) is 41.2 Å². The van der Waals surface area contributed by atoms with E-state index in [-0.39, 0.29) is 5.25 Å². The summed E-state index contributed by atoms with van der Waals surface area (Å²) in [5.74, 6) is 1.68. The van der Waals surface area contributed by atoms with E-state index < -0.39 is 0 Å². The van der Waals surface area contributed by atoms with E-state index >= 15 is 0 Å². The van der Waals surface area contributed by atoms with Crippen LogP contribution in [0.4, 0.5) is 0 Å². The van der Waals surface area contributed by atoms with Crippen LogP contribution in [0.2, 0.25) is 0 Å². The second kappa shape index (κ2) is 6.53. The molecule has 1 aliphatic carbocycles. The molecule has 22 heavy (non-hydrogen) atoms. The van der Waals surface area contributed by atoms with Crippen LogP contribution in [0.1, 0.15) is 42.6 Å². The summed E-state index contributed by atoms with van der Waals surface area (Å²) in [5, 5.41) is 18.9. The number of aryl methyl sites for hydroxylation is 1. The summed E-state index contributed by atoms with van der Waals surface area (Å²) in [6.07, 6.45) is 3.17. The number of aromatic nitrogens is 3. The lowest BCUT2D eigenvalue weighted by Crippen LogP contribution is -2.08. The zero-order chi connectivity index (χ0) is 15.5. The highest BCUT2D eigenvalue weighted by molar-refractivity contribution is 8.00. The highest BCUT2D eigenvalue weighted by atomic mass is 32.2. The van der Waals surface area contributed by atoms with Gasteiger partial charge < -0.3 is 4.57 Å². The number of benzene rings is 1. The number of hydrogen-bond donors (Lipinski definition) is 0. The maximum absolute atomic E-state index is 9.47. The third-order valence-corrected chi connectivity index (χ3v) is 5.01. The van der Waals surface area contributed by atoms with Crippen LogP contribution in [0.5, 0.6) is 0 Å². The lowest BCUT2D eigenvalue weighted by molar-refractivity contribution is 0.643.